The van der Waals surface area contributed by atoms with E-state index in [1.807, 2.05) is 0 Å². The molecular formula is C13H11N3O3S. The Kier molecular flexibility index (Phi) is 2.98. The van der Waals surface area contributed by atoms with E-state index in [0.717, 1.165) is 12.8 Å². The first-order chi connectivity index (χ1) is 9.58. The number of nitrogens with one attached hydrogen (secondary N) is 1. The number of nitro benzene ring substituents is 1. The zero-order valence-corrected chi connectivity index (χ0v) is 11.2. The SMILES string of the molecule is O=C1C(=Cc2ccccc2[N+](=O)[O-])NC(=S)N1C1CC1. The number of hydrogen-bond donors (Lipinski definition) is 1. The third-order valence-corrected chi connectivity index (χ3v) is 3.55. The molecule has 0 aromatic heterocycles. The number of hydrogen-bond acceptors (Lipinski definition) is 4. The minimum absolute atomic E-state index is 0.0367. The quantitative estimate of drug-likeness (QED) is 0.397. The number of nitro groups is 1. The standard InChI is InChI=1S/C13H11N3O3S/c17-12-10(14-13(20)15(12)9-5-6-9)7-8-3-1-2-4-11(8)16(18)19/h1-4,7,9H,5-6H2,(H,14,20). The van der Waals surface area contributed by atoms with Crippen molar-refractivity contribution in [1.29, 1.82) is 0 Å². The Bertz CT molecular complexity index is 652. The normalized spacial score (nSPS) is 20.4. The van der Waals surface area contributed by atoms with Crippen molar-refractivity contribution in [3.63, 3.8) is 0 Å². The highest BCUT2D eigenvalue weighted by Crippen LogP contribution is 2.31. The zero-order valence-electron chi connectivity index (χ0n) is 10.4. The highest BCUT2D eigenvalue weighted by molar-refractivity contribution is 7.80. The summed E-state index contributed by atoms with van der Waals surface area (Å²) >= 11 is 5.13. The Morgan fingerprint density at radius 2 is 2.10 bits per heavy atom. The molecule has 1 amide bonds. The highest BCUT2D eigenvalue weighted by Gasteiger charge is 2.41. The van der Waals surface area contributed by atoms with Gasteiger partial charge in [-0.15, -0.1) is 0 Å². The molecule has 0 radical (unpaired) electrons. The fraction of sp³-hybridized carbons (Fsp3) is 0.231. The van der Waals surface area contributed by atoms with Crippen LogP contribution in [0.15, 0.2) is 30.0 Å². The van der Waals surface area contributed by atoms with Crippen LogP contribution in [0.3, 0.4) is 0 Å². The lowest BCUT2D eigenvalue weighted by atomic mass is 10.1. The monoisotopic (exact) mass is 289 g/mol. The summed E-state index contributed by atoms with van der Waals surface area (Å²) in [6, 6.07) is 6.46. The lowest BCUT2D eigenvalue weighted by molar-refractivity contribution is -0.385. The van der Waals surface area contributed by atoms with Crippen LogP contribution in [0.25, 0.3) is 6.08 Å². The lowest BCUT2D eigenvalue weighted by Crippen LogP contribution is -2.32. The predicted molar refractivity (Wildman–Crippen MR) is 76.7 cm³/mol. The number of thiocarbonyl (C=S) groups is 1. The van der Waals surface area contributed by atoms with Gasteiger partial charge in [0.15, 0.2) is 5.11 Å². The molecule has 102 valence electrons. The third kappa shape index (κ3) is 2.16. The number of benzene rings is 1. The Hall–Kier alpha value is -2.28. The molecule has 0 bridgehead atoms. The molecule has 1 saturated carbocycles. The molecule has 1 aliphatic heterocycles. The highest BCUT2D eigenvalue weighted by atomic mass is 32.1. The van der Waals surface area contributed by atoms with Crippen molar-refractivity contribution < 1.29 is 9.72 Å². The van der Waals surface area contributed by atoms with Gasteiger partial charge in [0.25, 0.3) is 11.6 Å². The molecular weight excluding hydrogens is 278 g/mol. The van der Waals surface area contributed by atoms with E-state index in [2.05, 4.69) is 5.32 Å². The second-order valence-corrected chi connectivity index (χ2v) is 5.10. The van der Waals surface area contributed by atoms with Crippen LogP contribution in [0, 0.1) is 10.1 Å². The molecule has 7 heteroatoms. The number of amides is 1. The van der Waals surface area contributed by atoms with E-state index in [-0.39, 0.29) is 23.3 Å². The first-order valence-corrected chi connectivity index (χ1v) is 6.58. The molecule has 1 N–H and O–H groups in total. The van der Waals surface area contributed by atoms with Gasteiger partial charge in [0.1, 0.15) is 5.70 Å². The summed E-state index contributed by atoms with van der Waals surface area (Å²) in [5.74, 6) is -0.212. The molecule has 20 heavy (non-hydrogen) atoms. The van der Waals surface area contributed by atoms with Crippen molar-refractivity contribution in [2.24, 2.45) is 0 Å². The molecule has 1 saturated heterocycles. The number of nitrogens with zero attached hydrogens (tertiary/aromatic N) is 2. The Labute approximate surface area is 120 Å². The zero-order chi connectivity index (χ0) is 14.3. The molecule has 1 aliphatic carbocycles. The fourth-order valence-electron chi connectivity index (χ4n) is 2.14. The van der Waals surface area contributed by atoms with Gasteiger partial charge in [0.2, 0.25) is 0 Å². The molecule has 2 fully saturated rings. The van der Waals surface area contributed by atoms with Crippen LogP contribution in [0.4, 0.5) is 5.69 Å². The maximum absolute atomic E-state index is 12.2. The molecule has 3 rings (SSSR count). The van der Waals surface area contributed by atoms with Crippen molar-refractivity contribution in [2.45, 2.75) is 18.9 Å². The van der Waals surface area contributed by atoms with Gasteiger partial charge in [0.05, 0.1) is 10.5 Å². The number of carbonyl (C=O) groups excluding carboxylic acids is 1. The average Bonchev–Trinajstić information content (AvgIpc) is 3.19. The maximum atomic E-state index is 12.2. The minimum atomic E-state index is -0.469. The van der Waals surface area contributed by atoms with Crippen molar-refractivity contribution in [1.82, 2.24) is 10.2 Å². The molecule has 6 nitrogen and oxygen atoms in total. The Morgan fingerprint density at radius 1 is 1.40 bits per heavy atom. The van der Waals surface area contributed by atoms with Gasteiger partial charge in [-0.05, 0) is 37.2 Å². The molecule has 1 aromatic rings. The van der Waals surface area contributed by atoms with E-state index in [9.17, 15) is 14.9 Å². The van der Waals surface area contributed by atoms with E-state index >= 15 is 0 Å². The van der Waals surface area contributed by atoms with Crippen LogP contribution in [0.5, 0.6) is 0 Å². The average molecular weight is 289 g/mol. The van der Waals surface area contributed by atoms with Gasteiger partial charge < -0.3 is 5.32 Å². The number of carbonyl (C=O) groups is 1. The predicted octanol–water partition coefficient (Wildman–Crippen LogP) is 1.81. The van der Waals surface area contributed by atoms with Gasteiger partial charge >= 0.3 is 0 Å². The molecule has 1 heterocycles. The van der Waals surface area contributed by atoms with Crippen LogP contribution < -0.4 is 5.32 Å². The van der Waals surface area contributed by atoms with Gasteiger partial charge in [0, 0.05) is 12.1 Å². The lowest BCUT2D eigenvalue weighted by Gasteiger charge is -2.11. The first-order valence-electron chi connectivity index (χ1n) is 6.17. The summed E-state index contributed by atoms with van der Waals surface area (Å²) in [6.45, 7) is 0. The summed E-state index contributed by atoms with van der Waals surface area (Å²) in [7, 11) is 0. The second-order valence-electron chi connectivity index (χ2n) is 4.71. The topological polar surface area (TPSA) is 75.5 Å². The second kappa shape index (κ2) is 4.68. The summed E-state index contributed by atoms with van der Waals surface area (Å²) in [5.41, 5.74) is 0.635. The van der Waals surface area contributed by atoms with Gasteiger partial charge in [-0.2, -0.15) is 0 Å². The Morgan fingerprint density at radius 3 is 2.75 bits per heavy atom. The first kappa shape index (κ1) is 12.7. The van der Waals surface area contributed by atoms with Crippen LogP contribution >= 0.6 is 12.2 Å². The van der Waals surface area contributed by atoms with E-state index in [1.165, 1.54) is 12.1 Å². The van der Waals surface area contributed by atoms with Gasteiger partial charge in [-0.1, -0.05) is 12.1 Å². The molecule has 0 unspecified atom stereocenters. The smallest absolute Gasteiger partial charge is 0.276 e. The molecule has 0 atom stereocenters. The number of rotatable bonds is 3. The largest absolute Gasteiger partial charge is 0.328 e. The van der Waals surface area contributed by atoms with Crippen molar-refractivity contribution in [3.8, 4) is 0 Å². The molecule has 1 aromatic carbocycles. The van der Waals surface area contributed by atoms with Gasteiger partial charge in [-0.25, -0.2) is 0 Å². The number of para-hydroxylation sites is 1. The molecule has 2 aliphatic rings. The van der Waals surface area contributed by atoms with E-state index < -0.39 is 4.92 Å². The van der Waals surface area contributed by atoms with Crippen LogP contribution in [-0.2, 0) is 4.79 Å². The van der Waals surface area contributed by atoms with Crippen molar-refractivity contribution >= 4 is 35.0 Å². The van der Waals surface area contributed by atoms with Gasteiger partial charge in [-0.3, -0.25) is 19.8 Å². The summed E-state index contributed by atoms with van der Waals surface area (Å²) < 4.78 is 0. The van der Waals surface area contributed by atoms with Crippen molar-refractivity contribution in [3.05, 3.63) is 45.6 Å². The van der Waals surface area contributed by atoms with E-state index in [1.54, 1.807) is 23.1 Å². The van der Waals surface area contributed by atoms with E-state index in [0.29, 0.717) is 10.7 Å². The fourth-order valence-corrected chi connectivity index (χ4v) is 2.49. The van der Waals surface area contributed by atoms with Crippen LogP contribution in [0.2, 0.25) is 0 Å². The Balaban J connectivity index is 1.95. The summed E-state index contributed by atoms with van der Waals surface area (Å²) in [5, 5.41) is 14.2. The van der Waals surface area contributed by atoms with E-state index in [4.69, 9.17) is 12.2 Å². The maximum Gasteiger partial charge on any atom is 0.276 e. The minimum Gasteiger partial charge on any atom is -0.328 e. The van der Waals surface area contributed by atoms with Crippen LogP contribution in [-0.4, -0.2) is 26.9 Å². The molecule has 0 spiro atoms. The third-order valence-electron chi connectivity index (χ3n) is 3.25. The van der Waals surface area contributed by atoms with Crippen molar-refractivity contribution in [2.75, 3.05) is 0 Å². The summed E-state index contributed by atoms with van der Waals surface area (Å²) in [4.78, 5) is 24.3. The summed E-state index contributed by atoms with van der Waals surface area (Å²) in [6.07, 6.45) is 3.38. The van der Waals surface area contributed by atoms with Crippen LogP contribution in [0.1, 0.15) is 18.4 Å².